The molecule has 0 amide bonds. The maximum absolute atomic E-state index is 2.47. The molecule has 0 radical (unpaired) electrons. The molecule has 2 rings (SSSR count). The molecule has 0 N–H and O–H groups in total. The number of benzene rings is 2. The van der Waals surface area contributed by atoms with Crippen molar-refractivity contribution in [2.75, 3.05) is 19.6 Å². The Morgan fingerprint density at radius 3 is 2.05 bits per heavy atom. The van der Waals surface area contributed by atoms with Gasteiger partial charge in [-0.2, -0.15) is 0 Å². The predicted octanol–water partition coefficient (Wildman–Crippen LogP) is 5.04. The molecule has 0 spiro atoms. The van der Waals surface area contributed by atoms with Crippen LogP contribution in [0.1, 0.15) is 31.4 Å². The number of hydrogen-bond donors (Lipinski definition) is 0. The van der Waals surface area contributed by atoms with Crippen molar-refractivity contribution < 1.29 is 0 Å². The van der Waals surface area contributed by atoms with Crippen molar-refractivity contribution >= 4 is 5.57 Å². The summed E-state index contributed by atoms with van der Waals surface area (Å²) in [7, 11) is 0. The van der Waals surface area contributed by atoms with Gasteiger partial charge in [-0.15, -0.1) is 0 Å². The molecule has 2 aromatic carbocycles. The van der Waals surface area contributed by atoms with E-state index in [-0.39, 0.29) is 0 Å². The third-order valence-corrected chi connectivity index (χ3v) is 4.11. The van der Waals surface area contributed by atoms with Crippen molar-refractivity contribution in [2.24, 2.45) is 0 Å². The van der Waals surface area contributed by atoms with Gasteiger partial charge < -0.3 is 4.90 Å². The van der Waals surface area contributed by atoms with Gasteiger partial charge in [0, 0.05) is 6.54 Å². The van der Waals surface area contributed by atoms with Gasteiger partial charge in [-0.25, -0.2) is 0 Å². The molecule has 0 unspecified atom stereocenters. The zero-order chi connectivity index (χ0) is 15.6. The van der Waals surface area contributed by atoms with E-state index in [0.29, 0.717) is 0 Å². The normalized spacial score (nSPS) is 11.9. The smallest absolute Gasteiger partial charge is 0.00159 e. The van der Waals surface area contributed by atoms with E-state index >= 15 is 0 Å². The molecule has 0 saturated carbocycles. The maximum atomic E-state index is 2.47. The molecule has 1 heteroatoms. The van der Waals surface area contributed by atoms with Gasteiger partial charge in [-0.05, 0) is 42.6 Å². The third-order valence-electron chi connectivity index (χ3n) is 4.11. The highest BCUT2D eigenvalue weighted by Crippen LogP contribution is 2.20. The molecule has 2 aromatic rings. The van der Waals surface area contributed by atoms with Gasteiger partial charge in [0.15, 0.2) is 0 Å². The third kappa shape index (κ3) is 5.16. The monoisotopic (exact) mass is 293 g/mol. The summed E-state index contributed by atoms with van der Waals surface area (Å²) < 4.78 is 0. The first kappa shape index (κ1) is 16.5. The second kappa shape index (κ2) is 9.22. The first-order valence-corrected chi connectivity index (χ1v) is 8.34. The Hall–Kier alpha value is -1.86. The second-order valence-electron chi connectivity index (χ2n) is 5.57. The number of hydrogen-bond acceptors (Lipinski definition) is 1. The van der Waals surface area contributed by atoms with E-state index in [1.807, 2.05) is 0 Å². The summed E-state index contributed by atoms with van der Waals surface area (Å²) in [6, 6.07) is 21.5. The zero-order valence-electron chi connectivity index (χ0n) is 13.8. The van der Waals surface area contributed by atoms with E-state index in [9.17, 15) is 0 Å². The molecule has 0 heterocycles. The number of rotatable bonds is 8. The molecule has 1 nitrogen and oxygen atoms in total. The van der Waals surface area contributed by atoms with Crippen LogP contribution in [0.4, 0.5) is 0 Å². The van der Waals surface area contributed by atoms with E-state index in [4.69, 9.17) is 0 Å². The van der Waals surface area contributed by atoms with Gasteiger partial charge in [0.2, 0.25) is 0 Å². The SMILES string of the molecule is CCN(CC)CC/C=C(/Cc1ccccc1)c1ccccc1. The lowest BCUT2D eigenvalue weighted by atomic mass is 9.97. The summed E-state index contributed by atoms with van der Waals surface area (Å²) in [5.74, 6) is 0. The molecule has 0 fully saturated rings. The van der Waals surface area contributed by atoms with Gasteiger partial charge in [0.05, 0.1) is 0 Å². The van der Waals surface area contributed by atoms with Gasteiger partial charge in [0.25, 0.3) is 0 Å². The van der Waals surface area contributed by atoms with Crippen molar-refractivity contribution in [3.63, 3.8) is 0 Å². The lowest BCUT2D eigenvalue weighted by Gasteiger charge is -2.17. The second-order valence-corrected chi connectivity index (χ2v) is 5.57. The van der Waals surface area contributed by atoms with Crippen LogP contribution < -0.4 is 0 Å². The van der Waals surface area contributed by atoms with Crippen LogP contribution in [0.25, 0.3) is 5.57 Å². The summed E-state index contributed by atoms with van der Waals surface area (Å²) in [5.41, 5.74) is 4.14. The van der Waals surface area contributed by atoms with Crippen LogP contribution in [0.5, 0.6) is 0 Å². The van der Waals surface area contributed by atoms with Crippen molar-refractivity contribution in [3.8, 4) is 0 Å². The molecule has 0 atom stereocenters. The lowest BCUT2D eigenvalue weighted by Crippen LogP contribution is -2.23. The first-order chi connectivity index (χ1) is 10.8. The minimum atomic E-state index is 1.00. The van der Waals surface area contributed by atoms with Crippen LogP contribution in [0, 0.1) is 0 Å². The van der Waals surface area contributed by atoms with Gasteiger partial charge in [0.1, 0.15) is 0 Å². The molecule has 0 aliphatic rings. The highest BCUT2D eigenvalue weighted by molar-refractivity contribution is 5.67. The lowest BCUT2D eigenvalue weighted by molar-refractivity contribution is 0.310. The van der Waals surface area contributed by atoms with Crippen LogP contribution >= 0.6 is 0 Å². The summed E-state index contributed by atoms with van der Waals surface area (Å²) in [6.07, 6.45) is 4.53. The Balaban J connectivity index is 2.11. The van der Waals surface area contributed by atoms with Crippen LogP contribution in [0.2, 0.25) is 0 Å². The minimum Gasteiger partial charge on any atom is -0.304 e. The fourth-order valence-electron chi connectivity index (χ4n) is 2.72. The summed E-state index contributed by atoms with van der Waals surface area (Å²) >= 11 is 0. The van der Waals surface area contributed by atoms with Crippen molar-refractivity contribution in [1.29, 1.82) is 0 Å². The zero-order valence-corrected chi connectivity index (χ0v) is 13.8. The fraction of sp³-hybridized carbons (Fsp3) is 0.333. The maximum Gasteiger partial charge on any atom is 0.00159 e. The van der Waals surface area contributed by atoms with E-state index < -0.39 is 0 Å². The van der Waals surface area contributed by atoms with E-state index in [1.165, 1.54) is 16.7 Å². The number of allylic oxidation sites excluding steroid dienone is 1. The Morgan fingerprint density at radius 2 is 1.45 bits per heavy atom. The molecular weight excluding hydrogens is 266 g/mol. The number of nitrogens with zero attached hydrogens (tertiary/aromatic N) is 1. The first-order valence-electron chi connectivity index (χ1n) is 8.34. The van der Waals surface area contributed by atoms with E-state index in [0.717, 1.165) is 32.5 Å². The van der Waals surface area contributed by atoms with Gasteiger partial charge in [-0.3, -0.25) is 0 Å². The summed E-state index contributed by atoms with van der Waals surface area (Å²) in [6.45, 7) is 7.86. The van der Waals surface area contributed by atoms with Crippen LogP contribution in [-0.4, -0.2) is 24.5 Å². The van der Waals surface area contributed by atoms with Gasteiger partial charge >= 0.3 is 0 Å². The molecule has 0 saturated heterocycles. The molecule has 116 valence electrons. The average Bonchev–Trinajstić information content (AvgIpc) is 2.59. The summed E-state index contributed by atoms with van der Waals surface area (Å²) in [5, 5.41) is 0. The minimum absolute atomic E-state index is 1.00. The molecule has 22 heavy (non-hydrogen) atoms. The Kier molecular flexibility index (Phi) is 6.92. The van der Waals surface area contributed by atoms with E-state index in [2.05, 4.69) is 85.5 Å². The van der Waals surface area contributed by atoms with Crippen LogP contribution in [0.15, 0.2) is 66.7 Å². The van der Waals surface area contributed by atoms with Crippen LogP contribution in [-0.2, 0) is 6.42 Å². The largest absolute Gasteiger partial charge is 0.304 e. The topological polar surface area (TPSA) is 3.24 Å². The Labute approximate surface area is 135 Å². The van der Waals surface area contributed by atoms with E-state index in [1.54, 1.807) is 0 Å². The molecule has 0 aromatic heterocycles. The van der Waals surface area contributed by atoms with Crippen LogP contribution in [0.3, 0.4) is 0 Å². The highest BCUT2D eigenvalue weighted by atomic mass is 15.1. The Morgan fingerprint density at radius 1 is 0.864 bits per heavy atom. The molecular formula is C21H27N. The molecule has 0 bridgehead atoms. The van der Waals surface area contributed by atoms with Crippen molar-refractivity contribution in [3.05, 3.63) is 77.9 Å². The Bertz CT molecular complexity index is 553. The molecule has 0 aliphatic heterocycles. The quantitative estimate of drug-likeness (QED) is 0.658. The highest BCUT2D eigenvalue weighted by Gasteiger charge is 2.04. The average molecular weight is 293 g/mol. The van der Waals surface area contributed by atoms with Crippen molar-refractivity contribution in [2.45, 2.75) is 26.7 Å². The predicted molar refractivity (Wildman–Crippen MR) is 97.0 cm³/mol. The standard InChI is InChI=1S/C21H27N/c1-3-22(4-2)17-11-16-21(20-14-9-6-10-15-20)18-19-12-7-5-8-13-19/h5-10,12-16H,3-4,11,17-18H2,1-2H3/b21-16-. The fourth-order valence-corrected chi connectivity index (χ4v) is 2.72. The molecule has 0 aliphatic carbocycles. The van der Waals surface area contributed by atoms with Gasteiger partial charge in [-0.1, -0.05) is 80.6 Å². The summed E-state index contributed by atoms with van der Waals surface area (Å²) in [4.78, 5) is 2.47. The van der Waals surface area contributed by atoms with Crippen molar-refractivity contribution in [1.82, 2.24) is 4.90 Å².